The molecule has 0 aromatic heterocycles. The van der Waals surface area contributed by atoms with Crippen LogP contribution in [0.25, 0.3) is 11.1 Å². The lowest BCUT2D eigenvalue weighted by atomic mass is 9.86. The number of aromatic carboxylic acids is 1. The Morgan fingerprint density at radius 1 is 1.00 bits per heavy atom. The standard InChI is InChI=1S/C27H28N2O3/c1-3-7-23-17-25(28-22-8-5-4-6-9-22)24-16-21(14-15-26(24)29(23)18(2)30)19-10-12-20(13-11-19)27(31)32/h4-6,8-16,23,25,28H,3,7,17H2,1-2H3,(H,31,32)/t23-,25+/m1/s1. The third kappa shape index (κ3) is 4.37. The summed E-state index contributed by atoms with van der Waals surface area (Å²) in [5.74, 6) is -0.880. The van der Waals surface area contributed by atoms with Crippen molar-refractivity contribution in [3.05, 3.63) is 83.9 Å². The molecule has 0 saturated heterocycles. The number of rotatable bonds is 6. The van der Waals surface area contributed by atoms with E-state index in [-0.39, 0.29) is 23.6 Å². The number of nitrogens with zero attached hydrogens (tertiary/aromatic N) is 1. The predicted molar refractivity (Wildman–Crippen MR) is 128 cm³/mol. The summed E-state index contributed by atoms with van der Waals surface area (Å²) in [5, 5.41) is 12.9. The molecule has 3 aromatic carbocycles. The first-order chi connectivity index (χ1) is 15.5. The summed E-state index contributed by atoms with van der Waals surface area (Å²) in [6, 6.07) is 23.4. The SMILES string of the molecule is CCC[C@@H]1C[C@H](Nc2ccccc2)c2cc(-c3ccc(C(=O)O)cc3)ccc2N1C(C)=O. The first-order valence-electron chi connectivity index (χ1n) is 11.1. The number of carbonyl (C=O) groups is 2. The zero-order valence-electron chi connectivity index (χ0n) is 18.4. The summed E-state index contributed by atoms with van der Waals surface area (Å²) >= 11 is 0. The van der Waals surface area contributed by atoms with Gasteiger partial charge in [-0.2, -0.15) is 0 Å². The topological polar surface area (TPSA) is 69.6 Å². The Kier molecular flexibility index (Phi) is 6.26. The third-order valence-corrected chi connectivity index (χ3v) is 6.08. The van der Waals surface area contributed by atoms with Crippen molar-refractivity contribution in [2.75, 3.05) is 10.2 Å². The van der Waals surface area contributed by atoms with Crippen LogP contribution in [-0.2, 0) is 4.79 Å². The molecule has 2 N–H and O–H groups in total. The first-order valence-corrected chi connectivity index (χ1v) is 11.1. The maximum Gasteiger partial charge on any atom is 0.335 e. The molecule has 32 heavy (non-hydrogen) atoms. The van der Waals surface area contributed by atoms with Gasteiger partial charge in [-0.15, -0.1) is 0 Å². The van der Waals surface area contributed by atoms with Crippen molar-refractivity contribution in [3.63, 3.8) is 0 Å². The van der Waals surface area contributed by atoms with Gasteiger partial charge >= 0.3 is 5.97 Å². The minimum absolute atomic E-state index is 0.0569. The summed E-state index contributed by atoms with van der Waals surface area (Å²) < 4.78 is 0. The number of hydrogen-bond acceptors (Lipinski definition) is 3. The van der Waals surface area contributed by atoms with Gasteiger partial charge in [0.2, 0.25) is 5.91 Å². The average Bonchev–Trinajstić information content (AvgIpc) is 2.79. The highest BCUT2D eigenvalue weighted by Gasteiger charge is 2.34. The lowest BCUT2D eigenvalue weighted by Gasteiger charge is -2.41. The molecular formula is C27H28N2O3. The van der Waals surface area contributed by atoms with Gasteiger partial charge in [-0.3, -0.25) is 4.79 Å². The first kappa shape index (κ1) is 21.6. The van der Waals surface area contributed by atoms with Crippen LogP contribution in [0.2, 0.25) is 0 Å². The number of anilines is 2. The number of hydrogen-bond donors (Lipinski definition) is 2. The number of carbonyl (C=O) groups excluding carboxylic acids is 1. The second kappa shape index (κ2) is 9.27. The van der Waals surface area contributed by atoms with Crippen LogP contribution in [0.4, 0.5) is 11.4 Å². The number of benzene rings is 3. The zero-order valence-corrected chi connectivity index (χ0v) is 18.4. The second-order valence-electron chi connectivity index (χ2n) is 8.29. The Morgan fingerprint density at radius 3 is 2.31 bits per heavy atom. The monoisotopic (exact) mass is 428 g/mol. The number of para-hydroxylation sites is 1. The van der Waals surface area contributed by atoms with E-state index in [1.165, 1.54) is 0 Å². The lowest BCUT2D eigenvalue weighted by Crippen LogP contribution is -2.44. The number of fused-ring (bicyclic) bond motifs is 1. The van der Waals surface area contributed by atoms with Crippen molar-refractivity contribution in [1.82, 2.24) is 0 Å². The van der Waals surface area contributed by atoms with E-state index in [9.17, 15) is 14.7 Å². The highest BCUT2D eigenvalue weighted by molar-refractivity contribution is 5.94. The molecule has 0 fully saturated rings. The molecule has 3 aromatic rings. The van der Waals surface area contributed by atoms with E-state index in [0.717, 1.165) is 47.3 Å². The van der Waals surface area contributed by atoms with Gasteiger partial charge in [0, 0.05) is 24.3 Å². The highest BCUT2D eigenvalue weighted by atomic mass is 16.4. The van der Waals surface area contributed by atoms with Crippen LogP contribution in [0, 0.1) is 0 Å². The van der Waals surface area contributed by atoms with E-state index >= 15 is 0 Å². The van der Waals surface area contributed by atoms with E-state index in [0.29, 0.717) is 0 Å². The van der Waals surface area contributed by atoms with Crippen LogP contribution in [-0.4, -0.2) is 23.0 Å². The molecule has 0 spiro atoms. The lowest BCUT2D eigenvalue weighted by molar-refractivity contribution is -0.117. The predicted octanol–water partition coefficient (Wildman–Crippen LogP) is 6.13. The zero-order chi connectivity index (χ0) is 22.7. The van der Waals surface area contributed by atoms with Crippen molar-refractivity contribution in [2.45, 2.75) is 45.2 Å². The molecule has 0 unspecified atom stereocenters. The molecular weight excluding hydrogens is 400 g/mol. The van der Waals surface area contributed by atoms with E-state index in [4.69, 9.17) is 0 Å². The number of carboxylic acid groups (broad SMARTS) is 1. The van der Waals surface area contributed by atoms with Crippen molar-refractivity contribution in [2.24, 2.45) is 0 Å². The molecule has 2 atom stereocenters. The average molecular weight is 429 g/mol. The molecule has 0 aliphatic carbocycles. The summed E-state index contributed by atoms with van der Waals surface area (Å²) in [5.41, 5.74) is 5.28. The minimum Gasteiger partial charge on any atom is -0.478 e. The highest BCUT2D eigenvalue weighted by Crippen LogP contribution is 2.42. The van der Waals surface area contributed by atoms with E-state index in [1.807, 2.05) is 47.4 Å². The fourth-order valence-electron chi connectivity index (χ4n) is 4.62. The van der Waals surface area contributed by atoms with Gasteiger partial charge in [-0.05, 0) is 65.9 Å². The number of nitrogens with one attached hydrogen (secondary N) is 1. The normalized spacial score (nSPS) is 17.5. The number of carboxylic acids is 1. The van der Waals surface area contributed by atoms with Gasteiger partial charge in [0.05, 0.1) is 11.6 Å². The Balaban J connectivity index is 1.77. The summed E-state index contributed by atoms with van der Waals surface area (Å²) in [6.07, 6.45) is 2.79. The summed E-state index contributed by atoms with van der Waals surface area (Å²) in [6.45, 7) is 3.78. The van der Waals surface area contributed by atoms with Crippen molar-refractivity contribution < 1.29 is 14.7 Å². The smallest absolute Gasteiger partial charge is 0.335 e. The van der Waals surface area contributed by atoms with Gasteiger partial charge in [0.1, 0.15) is 0 Å². The van der Waals surface area contributed by atoms with Crippen LogP contribution in [0.3, 0.4) is 0 Å². The second-order valence-corrected chi connectivity index (χ2v) is 8.29. The molecule has 5 nitrogen and oxygen atoms in total. The molecule has 5 heteroatoms. The van der Waals surface area contributed by atoms with Crippen molar-refractivity contribution in [3.8, 4) is 11.1 Å². The molecule has 1 aliphatic rings. The summed E-state index contributed by atoms with van der Waals surface area (Å²) in [7, 11) is 0. The molecule has 164 valence electrons. The molecule has 4 rings (SSSR count). The third-order valence-electron chi connectivity index (χ3n) is 6.08. The van der Waals surface area contributed by atoms with E-state index < -0.39 is 5.97 Å². The quantitative estimate of drug-likeness (QED) is 0.495. The Bertz CT molecular complexity index is 1110. The fourth-order valence-corrected chi connectivity index (χ4v) is 4.62. The fraction of sp³-hybridized carbons (Fsp3) is 0.259. The van der Waals surface area contributed by atoms with E-state index in [2.05, 4.69) is 30.4 Å². The maximum absolute atomic E-state index is 12.6. The van der Waals surface area contributed by atoms with Crippen LogP contribution < -0.4 is 10.2 Å². The number of amides is 1. The van der Waals surface area contributed by atoms with Gasteiger partial charge in [0.25, 0.3) is 0 Å². The summed E-state index contributed by atoms with van der Waals surface area (Å²) in [4.78, 5) is 25.8. The Hall–Kier alpha value is -3.60. The molecule has 1 heterocycles. The molecule has 1 amide bonds. The van der Waals surface area contributed by atoms with E-state index in [1.54, 1.807) is 19.1 Å². The van der Waals surface area contributed by atoms with Crippen LogP contribution in [0.1, 0.15) is 55.1 Å². The Labute approximate surface area is 188 Å². The van der Waals surface area contributed by atoms with Crippen LogP contribution >= 0.6 is 0 Å². The minimum atomic E-state index is -0.937. The molecule has 0 saturated carbocycles. The maximum atomic E-state index is 12.6. The molecule has 1 aliphatic heterocycles. The largest absolute Gasteiger partial charge is 0.478 e. The van der Waals surface area contributed by atoms with Gasteiger partial charge in [-0.1, -0.05) is 49.7 Å². The van der Waals surface area contributed by atoms with Crippen molar-refractivity contribution in [1.29, 1.82) is 0 Å². The van der Waals surface area contributed by atoms with Gasteiger partial charge in [-0.25, -0.2) is 4.79 Å². The van der Waals surface area contributed by atoms with Crippen LogP contribution in [0.15, 0.2) is 72.8 Å². The van der Waals surface area contributed by atoms with Gasteiger partial charge in [0.15, 0.2) is 0 Å². The van der Waals surface area contributed by atoms with Gasteiger partial charge < -0.3 is 15.3 Å². The van der Waals surface area contributed by atoms with Crippen molar-refractivity contribution >= 4 is 23.3 Å². The van der Waals surface area contributed by atoms with Crippen LogP contribution in [0.5, 0.6) is 0 Å². The Morgan fingerprint density at radius 2 is 1.69 bits per heavy atom. The molecule has 0 bridgehead atoms. The molecule has 0 radical (unpaired) electrons.